The number of carbonyl (C=O) groups is 1. The largest absolute Gasteiger partial charge is 0.504 e. The van der Waals surface area contributed by atoms with Crippen molar-refractivity contribution >= 4 is 5.97 Å². The molecule has 0 fully saturated rings. The summed E-state index contributed by atoms with van der Waals surface area (Å²) in [6.07, 6.45) is 1.65. The molecule has 1 heterocycles. The van der Waals surface area contributed by atoms with Crippen LogP contribution in [0.5, 0.6) is 11.5 Å². The van der Waals surface area contributed by atoms with Crippen LogP contribution in [-0.4, -0.2) is 25.7 Å². The van der Waals surface area contributed by atoms with Crippen molar-refractivity contribution in [2.24, 2.45) is 0 Å². The summed E-state index contributed by atoms with van der Waals surface area (Å²) in [5, 5.41) is 18.7. The number of phenolic OH excluding ortho intramolecular Hbond substituents is 1. The smallest absolute Gasteiger partial charge is 0.372 e. The van der Waals surface area contributed by atoms with Gasteiger partial charge in [0.25, 0.3) is 0 Å². The zero-order valence-corrected chi connectivity index (χ0v) is 11.3. The third-order valence-corrected chi connectivity index (χ3v) is 2.77. The monoisotopic (exact) mass is 276 g/mol. The fourth-order valence-electron chi connectivity index (χ4n) is 1.80. The van der Waals surface area contributed by atoms with Gasteiger partial charge >= 0.3 is 5.97 Å². The molecule has 6 heteroatoms. The van der Waals surface area contributed by atoms with Gasteiger partial charge < -0.3 is 19.5 Å². The molecule has 2 N–H and O–H groups in total. The Morgan fingerprint density at radius 3 is 2.65 bits per heavy atom. The summed E-state index contributed by atoms with van der Waals surface area (Å²) in [4.78, 5) is 15.1. The van der Waals surface area contributed by atoms with E-state index in [2.05, 4.69) is 4.98 Å². The zero-order chi connectivity index (χ0) is 14.7. The number of carboxylic acids is 1. The first kappa shape index (κ1) is 13.9. The molecular weight excluding hydrogens is 260 g/mol. The van der Waals surface area contributed by atoms with Gasteiger partial charge in [-0.15, -0.1) is 0 Å². The highest BCUT2D eigenvalue weighted by Crippen LogP contribution is 2.25. The minimum atomic E-state index is -1.08. The molecule has 0 atom stereocenters. The Labute approximate surface area is 116 Å². The third-order valence-electron chi connectivity index (χ3n) is 2.77. The highest BCUT2D eigenvalue weighted by molar-refractivity contribution is 5.83. The predicted molar refractivity (Wildman–Crippen MR) is 72.0 cm³/mol. The van der Waals surface area contributed by atoms with Gasteiger partial charge in [-0.3, -0.25) is 0 Å². The molecule has 1 aromatic heterocycles. The molecule has 106 valence electrons. The lowest BCUT2D eigenvalue weighted by Gasteiger charge is -2.07. The molecule has 0 spiro atoms. The zero-order valence-electron chi connectivity index (χ0n) is 11.3. The van der Waals surface area contributed by atoms with Crippen molar-refractivity contribution in [2.75, 3.05) is 0 Å². The molecule has 2 aromatic rings. The van der Waals surface area contributed by atoms with Crippen molar-refractivity contribution in [3.8, 4) is 11.5 Å². The van der Waals surface area contributed by atoms with Crippen LogP contribution < -0.4 is 4.74 Å². The summed E-state index contributed by atoms with van der Waals surface area (Å²) in [6, 6.07) is 6.58. The van der Waals surface area contributed by atoms with Crippen LogP contribution >= 0.6 is 0 Å². The molecule has 0 radical (unpaired) electrons. The molecule has 20 heavy (non-hydrogen) atoms. The number of para-hydroxylation sites is 2. The van der Waals surface area contributed by atoms with Crippen LogP contribution in [0.25, 0.3) is 0 Å². The number of hydrogen-bond donors (Lipinski definition) is 2. The third kappa shape index (κ3) is 2.90. The average Bonchev–Trinajstić information content (AvgIpc) is 2.82. The van der Waals surface area contributed by atoms with Crippen LogP contribution in [0.4, 0.5) is 0 Å². The summed E-state index contributed by atoms with van der Waals surface area (Å²) in [5.74, 6) is -0.721. The Balaban J connectivity index is 2.16. The van der Waals surface area contributed by atoms with Crippen molar-refractivity contribution in [1.82, 2.24) is 9.55 Å². The van der Waals surface area contributed by atoms with E-state index in [4.69, 9.17) is 9.84 Å². The Bertz CT molecular complexity index is 619. The van der Waals surface area contributed by atoms with Crippen molar-refractivity contribution < 1.29 is 19.7 Å². The van der Waals surface area contributed by atoms with E-state index in [1.807, 2.05) is 13.8 Å². The normalized spacial score (nSPS) is 10.8. The number of carboxylic acid groups (broad SMARTS) is 1. The van der Waals surface area contributed by atoms with Crippen LogP contribution in [0.1, 0.15) is 36.2 Å². The Morgan fingerprint density at radius 1 is 1.40 bits per heavy atom. The summed E-state index contributed by atoms with van der Waals surface area (Å²) >= 11 is 0. The summed E-state index contributed by atoms with van der Waals surface area (Å²) in [6.45, 7) is 3.85. The highest BCUT2D eigenvalue weighted by atomic mass is 16.5. The first-order valence-electron chi connectivity index (χ1n) is 6.21. The molecule has 0 aliphatic heterocycles. The number of phenols is 1. The topological polar surface area (TPSA) is 84.6 Å². The molecular formula is C14H16N2O4. The molecule has 6 nitrogen and oxygen atoms in total. The number of imidazole rings is 1. The summed E-state index contributed by atoms with van der Waals surface area (Å²) < 4.78 is 7.01. The number of benzene rings is 1. The van der Waals surface area contributed by atoms with Gasteiger partial charge in [0.1, 0.15) is 6.61 Å². The molecule has 0 aliphatic carbocycles. The van der Waals surface area contributed by atoms with E-state index >= 15 is 0 Å². The summed E-state index contributed by atoms with van der Waals surface area (Å²) in [7, 11) is 0. The van der Waals surface area contributed by atoms with Crippen molar-refractivity contribution in [2.45, 2.75) is 26.5 Å². The lowest BCUT2D eigenvalue weighted by atomic mass is 10.3. The fraction of sp³-hybridized carbons (Fsp3) is 0.286. The first-order valence-corrected chi connectivity index (χ1v) is 6.21. The van der Waals surface area contributed by atoms with Gasteiger partial charge in [-0.05, 0) is 26.0 Å². The van der Waals surface area contributed by atoms with E-state index in [9.17, 15) is 9.90 Å². The van der Waals surface area contributed by atoms with E-state index in [1.165, 1.54) is 6.07 Å². The van der Waals surface area contributed by atoms with Crippen LogP contribution in [0.2, 0.25) is 0 Å². The fourth-order valence-corrected chi connectivity index (χ4v) is 1.80. The van der Waals surface area contributed by atoms with Crippen LogP contribution in [0.3, 0.4) is 0 Å². The number of aromatic carboxylic acids is 1. The van der Waals surface area contributed by atoms with E-state index < -0.39 is 5.97 Å². The maximum Gasteiger partial charge on any atom is 0.372 e. The van der Waals surface area contributed by atoms with Gasteiger partial charge in [0.05, 0.1) is 5.69 Å². The quantitative estimate of drug-likeness (QED) is 0.876. The standard InChI is InChI=1S/C14H16N2O4/c1-9(2)16-7-10(15-13(16)14(18)19)8-20-12-6-4-3-5-11(12)17/h3-7,9,17H,8H2,1-2H3,(H,18,19). The van der Waals surface area contributed by atoms with Gasteiger partial charge in [0.2, 0.25) is 5.82 Å². The van der Waals surface area contributed by atoms with E-state index in [0.717, 1.165) is 0 Å². The molecule has 0 saturated carbocycles. The van der Waals surface area contributed by atoms with Gasteiger partial charge in [-0.25, -0.2) is 9.78 Å². The average molecular weight is 276 g/mol. The minimum Gasteiger partial charge on any atom is -0.504 e. The van der Waals surface area contributed by atoms with Crippen LogP contribution in [0.15, 0.2) is 30.5 Å². The maximum absolute atomic E-state index is 11.1. The first-order chi connectivity index (χ1) is 9.49. The molecule has 0 saturated heterocycles. The molecule has 0 unspecified atom stereocenters. The highest BCUT2D eigenvalue weighted by Gasteiger charge is 2.17. The SMILES string of the molecule is CC(C)n1cc(COc2ccccc2O)nc1C(=O)O. The number of hydrogen-bond acceptors (Lipinski definition) is 4. The minimum absolute atomic E-state index is 0.00696. The molecule has 2 rings (SSSR count). The van der Waals surface area contributed by atoms with Crippen molar-refractivity contribution in [3.05, 3.63) is 42.0 Å². The molecule has 0 aliphatic rings. The molecule has 1 aromatic carbocycles. The van der Waals surface area contributed by atoms with E-state index in [-0.39, 0.29) is 24.2 Å². The van der Waals surface area contributed by atoms with Crippen LogP contribution in [-0.2, 0) is 6.61 Å². The van der Waals surface area contributed by atoms with Crippen molar-refractivity contribution in [1.29, 1.82) is 0 Å². The van der Waals surface area contributed by atoms with Gasteiger partial charge in [-0.2, -0.15) is 0 Å². The lowest BCUT2D eigenvalue weighted by Crippen LogP contribution is -2.10. The second-order valence-electron chi connectivity index (χ2n) is 4.62. The van der Waals surface area contributed by atoms with Crippen LogP contribution in [0, 0.1) is 0 Å². The predicted octanol–water partition coefficient (Wildman–Crippen LogP) is 2.45. The number of nitrogens with zero attached hydrogens (tertiary/aromatic N) is 2. The lowest BCUT2D eigenvalue weighted by molar-refractivity contribution is 0.0676. The Hall–Kier alpha value is -2.50. The Morgan fingerprint density at radius 2 is 2.10 bits per heavy atom. The summed E-state index contributed by atoms with van der Waals surface area (Å²) in [5.41, 5.74) is 0.499. The molecule has 0 bridgehead atoms. The Kier molecular flexibility index (Phi) is 3.93. The number of rotatable bonds is 5. The van der Waals surface area contributed by atoms with E-state index in [1.54, 1.807) is 29.0 Å². The maximum atomic E-state index is 11.1. The number of ether oxygens (including phenoxy) is 1. The van der Waals surface area contributed by atoms with Gasteiger partial charge in [0.15, 0.2) is 11.5 Å². The van der Waals surface area contributed by atoms with Gasteiger partial charge in [-0.1, -0.05) is 12.1 Å². The van der Waals surface area contributed by atoms with Gasteiger partial charge in [0, 0.05) is 12.2 Å². The molecule has 0 amide bonds. The second kappa shape index (κ2) is 5.64. The second-order valence-corrected chi connectivity index (χ2v) is 4.62. The van der Waals surface area contributed by atoms with Crippen molar-refractivity contribution in [3.63, 3.8) is 0 Å². The number of aromatic nitrogens is 2. The number of aromatic hydroxyl groups is 1. The van der Waals surface area contributed by atoms with E-state index in [0.29, 0.717) is 11.4 Å².